The van der Waals surface area contributed by atoms with Crippen molar-refractivity contribution in [2.75, 3.05) is 0 Å². The molecule has 1 unspecified atom stereocenters. The lowest BCUT2D eigenvalue weighted by molar-refractivity contribution is -0.0515. The van der Waals surface area contributed by atoms with Crippen molar-refractivity contribution in [1.82, 2.24) is 0 Å². The van der Waals surface area contributed by atoms with E-state index in [9.17, 15) is 21.6 Å². The molecule has 3 nitrogen and oxygen atoms in total. The first-order valence-electron chi connectivity index (χ1n) is 7.82. The highest BCUT2D eigenvalue weighted by molar-refractivity contribution is 7.87. The molecule has 140 valence electrons. The second-order valence-electron chi connectivity index (χ2n) is 6.30. The van der Waals surface area contributed by atoms with Crippen molar-refractivity contribution in [1.29, 1.82) is 0 Å². The molecule has 0 fully saturated rings. The predicted octanol–water partition coefficient (Wildman–Crippen LogP) is 4.30. The van der Waals surface area contributed by atoms with Gasteiger partial charge in [-0.15, -0.1) is 0 Å². The van der Waals surface area contributed by atoms with E-state index in [0.29, 0.717) is 6.26 Å². The Morgan fingerprint density at radius 2 is 1.46 bits per heavy atom. The van der Waals surface area contributed by atoms with Crippen LogP contribution in [0.5, 0.6) is 0 Å². The van der Waals surface area contributed by atoms with Crippen molar-refractivity contribution in [2.24, 2.45) is 0 Å². The van der Waals surface area contributed by atoms with Crippen LogP contribution in [0.3, 0.4) is 0 Å². The summed E-state index contributed by atoms with van der Waals surface area (Å²) in [4.78, 5) is 0. The van der Waals surface area contributed by atoms with Crippen molar-refractivity contribution in [3.8, 4) is 0 Å². The topological polar surface area (TPSA) is 43.4 Å². The summed E-state index contributed by atoms with van der Waals surface area (Å²) in [5.41, 5.74) is -4.84. The zero-order chi connectivity index (χ0) is 19.4. The van der Waals surface area contributed by atoms with Gasteiger partial charge in [-0.25, -0.2) is 0 Å². The Morgan fingerprint density at radius 1 is 0.962 bits per heavy atom. The molecule has 0 saturated carbocycles. The molecule has 0 bridgehead atoms. The van der Waals surface area contributed by atoms with E-state index in [1.54, 1.807) is 0 Å². The number of benzene rings is 2. The zero-order valence-corrected chi connectivity index (χ0v) is 16.1. The van der Waals surface area contributed by atoms with E-state index < -0.39 is 23.7 Å². The van der Waals surface area contributed by atoms with Gasteiger partial charge in [-0.1, -0.05) is 78.9 Å². The van der Waals surface area contributed by atoms with Crippen LogP contribution in [0, 0.1) is 0 Å². The number of hydrogen-bond donors (Lipinski definition) is 0. The molecule has 0 aliphatic rings. The van der Waals surface area contributed by atoms with Crippen molar-refractivity contribution >= 4 is 23.4 Å². The maximum atomic E-state index is 12.4. The van der Waals surface area contributed by atoms with Gasteiger partial charge >= 0.3 is 15.6 Å². The van der Waals surface area contributed by atoms with Gasteiger partial charge in [-0.05, 0) is 11.6 Å². The average molecular weight is 400 g/mol. The summed E-state index contributed by atoms with van der Waals surface area (Å²) in [6, 6.07) is 18.9. The molecule has 0 aromatic heterocycles. The van der Waals surface area contributed by atoms with Gasteiger partial charge in [0.1, 0.15) is 6.26 Å². The van der Waals surface area contributed by atoms with Crippen LogP contribution in [0.1, 0.15) is 11.1 Å². The minimum Gasteiger partial charge on any atom is -0.384 e. The number of alkyl halides is 3. The van der Waals surface area contributed by atoms with Gasteiger partial charge in [0.2, 0.25) is 0 Å². The smallest absolute Gasteiger partial charge is 0.384 e. The van der Waals surface area contributed by atoms with E-state index in [4.69, 9.17) is 0 Å². The fourth-order valence-electron chi connectivity index (χ4n) is 2.71. The van der Waals surface area contributed by atoms with Crippen LogP contribution in [0.2, 0.25) is 13.1 Å². The fourth-order valence-corrected chi connectivity index (χ4v) is 6.03. The molecule has 1 atom stereocenters. The summed E-state index contributed by atoms with van der Waals surface area (Å²) in [6.45, 7) is 4.14. The first-order chi connectivity index (χ1) is 12.1. The molecule has 2 aromatic carbocycles. The lowest BCUT2D eigenvalue weighted by Gasteiger charge is -2.31. The average Bonchev–Trinajstić information content (AvgIpc) is 2.59. The van der Waals surface area contributed by atoms with Gasteiger partial charge in [0.25, 0.3) is 0 Å². The minimum atomic E-state index is -5.66. The SMILES string of the molecule is C[Si](C)(c1ccccc1)C(/C=C/OS(=O)(=O)C(F)(F)F)c1ccccc1. The first-order valence-corrected chi connectivity index (χ1v) is 12.3. The maximum absolute atomic E-state index is 12.4. The molecule has 0 amide bonds. The van der Waals surface area contributed by atoms with Crippen LogP contribution >= 0.6 is 0 Å². The van der Waals surface area contributed by atoms with Gasteiger partial charge in [0, 0.05) is 5.54 Å². The predicted molar refractivity (Wildman–Crippen MR) is 97.9 cm³/mol. The lowest BCUT2D eigenvalue weighted by Crippen LogP contribution is -2.47. The standard InChI is InChI=1S/C18H19F3O3SSi/c1-26(2,16-11-7-4-8-12-16)17(15-9-5-3-6-10-15)13-14-24-25(22,23)18(19,20)21/h3-14,17H,1-2H3/b14-13+. The summed E-state index contributed by atoms with van der Waals surface area (Å²) in [7, 11) is -7.89. The van der Waals surface area contributed by atoms with Crippen molar-refractivity contribution < 1.29 is 25.8 Å². The van der Waals surface area contributed by atoms with E-state index in [-0.39, 0.29) is 5.54 Å². The molecule has 0 saturated heterocycles. The van der Waals surface area contributed by atoms with Crippen molar-refractivity contribution in [3.05, 3.63) is 78.6 Å². The molecule has 0 radical (unpaired) electrons. The van der Waals surface area contributed by atoms with E-state index in [1.165, 1.54) is 6.08 Å². The Bertz CT molecular complexity index is 848. The number of hydrogen-bond acceptors (Lipinski definition) is 3. The fraction of sp³-hybridized carbons (Fsp3) is 0.222. The van der Waals surface area contributed by atoms with Crippen LogP contribution in [0.4, 0.5) is 13.2 Å². The van der Waals surface area contributed by atoms with Gasteiger partial charge < -0.3 is 4.18 Å². The molecular formula is C18H19F3O3SSi. The quantitative estimate of drug-likeness (QED) is 0.314. The van der Waals surface area contributed by atoms with Crippen molar-refractivity contribution in [2.45, 2.75) is 24.1 Å². The third-order valence-corrected chi connectivity index (χ3v) is 9.02. The lowest BCUT2D eigenvalue weighted by atomic mass is 10.1. The Labute approximate surface area is 152 Å². The summed E-state index contributed by atoms with van der Waals surface area (Å²) >= 11 is 0. The molecule has 0 spiro atoms. The molecule has 8 heteroatoms. The van der Waals surface area contributed by atoms with Crippen molar-refractivity contribution in [3.63, 3.8) is 0 Å². The second-order valence-corrected chi connectivity index (χ2v) is 12.5. The van der Waals surface area contributed by atoms with Crippen LogP contribution in [-0.4, -0.2) is 22.0 Å². The highest BCUT2D eigenvalue weighted by Gasteiger charge is 2.48. The Kier molecular flexibility index (Phi) is 5.97. The van der Waals surface area contributed by atoms with Crippen LogP contribution < -0.4 is 5.19 Å². The minimum absolute atomic E-state index is 0.269. The molecule has 26 heavy (non-hydrogen) atoms. The molecule has 2 rings (SSSR count). The highest BCUT2D eigenvalue weighted by atomic mass is 32.2. The van der Waals surface area contributed by atoms with Gasteiger partial charge in [0.05, 0.1) is 8.07 Å². The Hall–Kier alpha value is -2.06. The molecule has 0 heterocycles. The van der Waals surface area contributed by atoms with E-state index in [2.05, 4.69) is 17.3 Å². The van der Waals surface area contributed by atoms with Crippen LogP contribution in [0.15, 0.2) is 73.0 Å². The van der Waals surface area contributed by atoms with E-state index in [0.717, 1.165) is 10.8 Å². The monoisotopic (exact) mass is 400 g/mol. The van der Waals surface area contributed by atoms with E-state index >= 15 is 0 Å². The zero-order valence-electron chi connectivity index (χ0n) is 14.3. The molecule has 0 aliphatic heterocycles. The van der Waals surface area contributed by atoms with Gasteiger partial charge in [-0.2, -0.15) is 21.6 Å². The summed E-state index contributed by atoms with van der Waals surface area (Å²) in [6.07, 6.45) is 2.04. The van der Waals surface area contributed by atoms with Gasteiger partial charge in [-0.3, -0.25) is 0 Å². The summed E-state index contributed by atoms with van der Waals surface area (Å²) < 4.78 is 63.6. The molecular weight excluding hydrogens is 381 g/mol. The summed E-state index contributed by atoms with van der Waals surface area (Å²) in [5.74, 6) is 0. The normalized spacial score (nSPS) is 14.3. The van der Waals surface area contributed by atoms with E-state index in [1.807, 2.05) is 60.7 Å². The first kappa shape index (κ1) is 20.3. The van der Waals surface area contributed by atoms with Gasteiger partial charge in [0.15, 0.2) is 0 Å². The number of rotatable bonds is 6. The van der Waals surface area contributed by atoms with Crippen LogP contribution in [-0.2, 0) is 14.3 Å². The molecule has 2 aromatic rings. The Balaban J connectivity index is 2.39. The summed E-state index contributed by atoms with van der Waals surface area (Å²) in [5, 5.41) is 1.09. The molecule has 0 aliphatic carbocycles. The third kappa shape index (κ3) is 4.56. The number of halogens is 3. The highest BCUT2D eigenvalue weighted by Crippen LogP contribution is 2.30. The number of allylic oxidation sites excluding steroid dienone is 1. The van der Waals surface area contributed by atoms with Crippen LogP contribution in [0.25, 0.3) is 0 Å². The third-order valence-electron chi connectivity index (χ3n) is 4.19. The molecule has 0 N–H and O–H groups in total. The second kappa shape index (κ2) is 7.67. The largest absolute Gasteiger partial charge is 0.534 e. The Morgan fingerprint density at radius 3 is 1.96 bits per heavy atom. The maximum Gasteiger partial charge on any atom is 0.534 e.